The van der Waals surface area contributed by atoms with Gasteiger partial charge in [-0.05, 0) is 48.7 Å². The first kappa shape index (κ1) is 22.7. The molecule has 0 saturated carbocycles. The molecule has 160 valence electrons. The third-order valence-corrected chi connectivity index (χ3v) is 4.30. The van der Waals surface area contributed by atoms with Crippen molar-refractivity contribution < 1.29 is 24.2 Å². The van der Waals surface area contributed by atoms with Crippen molar-refractivity contribution in [1.29, 1.82) is 0 Å². The van der Waals surface area contributed by atoms with Crippen molar-refractivity contribution in [2.75, 3.05) is 19.5 Å². The van der Waals surface area contributed by atoms with Crippen LogP contribution in [0.5, 0.6) is 17.2 Å². The standard InChI is InChI=1S/C22H27N3O5/c1-29-19-13-12-16(14-20(19)30-2)15-23-25-22(28)11-5-3-4-10-21(27)24-17-8-6-7-9-18(17)26/h6-9,12-15,26H,3-5,10-11H2,1-2H3,(H,24,27)(H,25,28)/b23-15+. The quantitative estimate of drug-likeness (QED) is 0.226. The monoisotopic (exact) mass is 413 g/mol. The molecule has 0 radical (unpaired) electrons. The second kappa shape index (κ2) is 12.1. The van der Waals surface area contributed by atoms with Crippen LogP contribution in [0.2, 0.25) is 0 Å². The van der Waals surface area contributed by atoms with E-state index in [0.717, 1.165) is 12.0 Å². The van der Waals surface area contributed by atoms with Gasteiger partial charge in [0.05, 0.1) is 26.1 Å². The fourth-order valence-corrected chi connectivity index (χ4v) is 2.71. The first-order valence-corrected chi connectivity index (χ1v) is 9.65. The molecule has 0 aliphatic carbocycles. The Morgan fingerprint density at radius 2 is 1.67 bits per heavy atom. The van der Waals surface area contributed by atoms with E-state index in [0.29, 0.717) is 42.9 Å². The molecule has 3 N–H and O–H groups in total. The minimum Gasteiger partial charge on any atom is -0.506 e. The Labute approximate surface area is 175 Å². The van der Waals surface area contributed by atoms with Crippen LogP contribution in [-0.4, -0.2) is 37.4 Å². The summed E-state index contributed by atoms with van der Waals surface area (Å²) >= 11 is 0. The summed E-state index contributed by atoms with van der Waals surface area (Å²) in [5.74, 6) is 0.884. The van der Waals surface area contributed by atoms with E-state index in [2.05, 4.69) is 15.8 Å². The van der Waals surface area contributed by atoms with E-state index in [-0.39, 0.29) is 17.6 Å². The number of rotatable bonds is 11. The van der Waals surface area contributed by atoms with Crippen molar-refractivity contribution >= 4 is 23.7 Å². The van der Waals surface area contributed by atoms with E-state index < -0.39 is 0 Å². The summed E-state index contributed by atoms with van der Waals surface area (Å²) in [5.41, 5.74) is 3.65. The second-order valence-corrected chi connectivity index (χ2v) is 6.53. The molecule has 0 fully saturated rings. The Morgan fingerprint density at radius 3 is 2.37 bits per heavy atom. The zero-order valence-corrected chi connectivity index (χ0v) is 17.2. The van der Waals surface area contributed by atoms with Gasteiger partial charge in [0.25, 0.3) is 0 Å². The number of anilines is 1. The Hall–Kier alpha value is -3.55. The molecule has 2 rings (SSSR count). The maximum Gasteiger partial charge on any atom is 0.240 e. The van der Waals surface area contributed by atoms with Gasteiger partial charge in [0.1, 0.15) is 5.75 Å². The van der Waals surface area contributed by atoms with Crippen LogP contribution in [0.4, 0.5) is 5.69 Å². The normalized spacial score (nSPS) is 10.6. The number of hydrazone groups is 1. The topological polar surface area (TPSA) is 109 Å². The van der Waals surface area contributed by atoms with Gasteiger partial charge in [-0.3, -0.25) is 9.59 Å². The molecule has 0 heterocycles. The smallest absolute Gasteiger partial charge is 0.240 e. The Bertz CT molecular complexity index is 883. The molecule has 0 bridgehead atoms. The molecule has 0 unspecified atom stereocenters. The Morgan fingerprint density at radius 1 is 0.967 bits per heavy atom. The first-order valence-electron chi connectivity index (χ1n) is 9.65. The summed E-state index contributed by atoms with van der Waals surface area (Å²) < 4.78 is 10.4. The average Bonchev–Trinajstić information content (AvgIpc) is 2.75. The van der Waals surface area contributed by atoms with Crippen molar-refractivity contribution in [1.82, 2.24) is 5.43 Å². The number of para-hydroxylation sites is 2. The predicted molar refractivity (Wildman–Crippen MR) is 115 cm³/mol. The number of aromatic hydroxyl groups is 1. The highest BCUT2D eigenvalue weighted by molar-refractivity contribution is 5.92. The highest BCUT2D eigenvalue weighted by atomic mass is 16.5. The molecule has 0 spiro atoms. The number of unbranched alkanes of at least 4 members (excludes halogenated alkanes) is 2. The van der Waals surface area contributed by atoms with Gasteiger partial charge >= 0.3 is 0 Å². The van der Waals surface area contributed by atoms with E-state index in [1.807, 2.05) is 0 Å². The van der Waals surface area contributed by atoms with Crippen LogP contribution >= 0.6 is 0 Å². The Balaban J connectivity index is 1.63. The van der Waals surface area contributed by atoms with E-state index >= 15 is 0 Å². The highest BCUT2D eigenvalue weighted by Gasteiger charge is 2.06. The molecule has 8 nitrogen and oxygen atoms in total. The van der Waals surface area contributed by atoms with Crippen molar-refractivity contribution in [2.45, 2.75) is 32.1 Å². The predicted octanol–water partition coefficient (Wildman–Crippen LogP) is 3.45. The Kier molecular flexibility index (Phi) is 9.18. The van der Waals surface area contributed by atoms with E-state index in [1.165, 1.54) is 12.3 Å². The number of nitrogens with one attached hydrogen (secondary N) is 2. The number of carbonyl (C=O) groups excluding carboxylic acids is 2. The second-order valence-electron chi connectivity index (χ2n) is 6.53. The lowest BCUT2D eigenvalue weighted by atomic mass is 10.1. The van der Waals surface area contributed by atoms with Gasteiger partial charge in [0.2, 0.25) is 11.8 Å². The number of hydrogen-bond acceptors (Lipinski definition) is 6. The van der Waals surface area contributed by atoms with Crippen LogP contribution in [0.3, 0.4) is 0 Å². The lowest BCUT2D eigenvalue weighted by molar-refractivity contribution is -0.121. The van der Waals surface area contributed by atoms with Crippen molar-refractivity contribution in [2.24, 2.45) is 5.10 Å². The minimum absolute atomic E-state index is 0.0381. The largest absolute Gasteiger partial charge is 0.506 e. The van der Waals surface area contributed by atoms with Gasteiger partial charge < -0.3 is 19.9 Å². The summed E-state index contributed by atoms with van der Waals surface area (Å²) in [5, 5.41) is 16.3. The number of amides is 2. The fourth-order valence-electron chi connectivity index (χ4n) is 2.71. The van der Waals surface area contributed by atoms with Crippen LogP contribution in [0.25, 0.3) is 0 Å². The van der Waals surface area contributed by atoms with Crippen molar-refractivity contribution in [3.8, 4) is 17.2 Å². The van der Waals surface area contributed by atoms with Gasteiger partial charge in [-0.25, -0.2) is 5.43 Å². The van der Waals surface area contributed by atoms with Crippen molar-refractivity contribution in [3.63, 3.8) is 0 Å². The molecule has 8 heteroatoms. The van der Waals surface area contributed by atoms with E-state index in [4.69, 9.17) is 9.47 Å². The molecule has 2 amide bonds. The fraction of sp³-hybridized carbons (Fsp3) is 0.318. The molecule has 30 heavy (non-hydrogen) atoms. The number of phenols is 1. The van der Waals surface area contributed by atoms with Crippen LogP contribution in [-0.2, 0) is 9.59 Å². The maximum absolute atomic E-state index is 11.9. The summed E-state index contributed by atoms with van der Waals surface area (Å²) in [6.07, 6.45) is 4.23. The summed E-state index contributed by atoms with van der Waals surface area (Å²) in [6.45, 7) is 0. The molecule has 0 aliphatic heterocycles. The molecule has 0 aliphatic rings. The number of ether oxygens (including phenoxy) is 2. The molecule has 2 aromatic carbocycles. The minimum atomic E-state index is -0.189. The molecular weight excluding hydrogens is 386 g/mol. The van der Waals surface area contributed by atoms with Crippen LogP contribution in [0, 0.1) is 0 Å². The average molecular weight is 413 g/mol. The number of carbonyl (C=O) groups is 2. The van der Waals surface area contributed by atoms with E-state index in [9.17, 15) is 14.7 Å². The summed E-state index contributed by atoms with van der Waals surface area (Å²) in [6, 6.07) is 11.9. The highest BCUT2D eigenvalue weighted by Crippen LogP contribution is 2.26. The molecule has 2 aromatic rings. The number of nitrogens with zero attached hydrogens (tertiary/aromatic N) is 1. The third-order valence-electron chi connectivity index (χ3n) is 4.30. The zero-order chi connectivity index (χ0) is 21.8. The SMILES string of the molecule is COc1ccc(/C=N/NC(=O)CCCCCC(=O)Nc2ccccc2O)cc1OC. The number of methoxy groups -OCH3 is 2. The van der Waals surface area contributed by atoms with Gasteiger partial charge in [0, 0.05) is 12.8 Å². The van der Waals surface area contributed by atoms with Gasteiger partial charge in [-0.15, -0.1) is 0 Å². The molecule has 0 aromatic heterocycles. The number of hydrogen-bond donors (Lipinski definition) is 3. The van der Waals surface area contributed by atoms with Crippen LogP contribution in [0.1, 0.15) is 37.7 Å². The lowest BCUT2D eigenvalue weighted by Gasteiger charge is -2.07. The van der Waals surface area contributed by atoms with Gasteiger partial charge in [-0.1, -0.05) is 18.6 Å². The van der Waals surface area contributed by atoms with Crippen molar-refractivity contribution in [3.05, 3.63) is 48.0 Å². The molecule has 0 saturated heterocycles. The summed E-state index contributed by atoms with van der Waals surface area (Å²) in [4.78, 5) is 23.7. The van der Waals surface area contributed by atoms with Gasteiger partial charge in [-0.2, -0.15) is 5.10 Å². The lowest BCUT2D eigenvalue weighted by Crippen LogP contribution is -2.17. The number of phenolic OH excluding ortho intramolecular Hbond substituents is 1. The summed E-state index contributed by atoms with van der Waals surface area (Å²) in [7, 11) is 3.11. The first-order chi connectivity index (χ1) is 14.5. The zero-order valence-electron chi connectivity index (χ0n) is 17.2. The van der Waals surface area contributed by atoms with Crippen LogP contribution < -0.4 is 20.2 Å². The number of benzene rings is 2. The molecule has 0 atom stereocenters. The maximum atomic E-state index is 11.9. The van der Waals surface area contributed by atoms with Gasteiger partial charge in [0.15, 0.2) is 11.5 Å². The third kappa shape index (κ3) is 7.46. The van der Waals surface area contributed by atoms with Crippen LogP contribution in [0.15, 0.2) is 47.6 Å². The van der Waals surface area contributed by atoms with E-state index in [1.54, 1.807) is 50.6 Å². The molecular formula is C22H27N3O5.